The zero-order chi connectivity index (χ0) is 18.9. The van der Waals surface area contributed by atoms with E-state index in [1.54, 1.807) is 6.07 Å². The number of alkyl halides is 1. The van der Waals surface area contributed by atoms with Gasteiger partial charge in [0.05, 0.1) is 30.1 Å². The molecule has 2 heterocycles. The molecule has 134 valence electrons. The van der Waals surface area contributed by atoms with Gasteiger partial charge in [0, 0.05) is 18.3 Å². The molecule has 0 saturated carbocycles. The number of ether oxygens (including phenoxy) is 1. The maximum Gasteiger partial charge on any atom is 0.179 e. The number of rotatable bonds is 8. The van der Waals surface area contributed by atoms with Gasteiger partial charge in [-0.25, -0.2) is 14.4 Å². The highest BCUT2D eigenvalue weighted by atomic mass is 35.5. The highest BCUT2D eigenvalue weighted by Crippen LogP contribution is 2.29. The van der Waals surface area contributed by atoms with Gasteiger partial charge < -0.3 is 10.1 Å². The summed E-state index contributed by atoms with van der Waals surface area (Å²) in [4.78, 5) is 23.5. The van der Waals surface area contributed by atoms with Crippen molar-refractivity contribution in [1.29, 1.82) is 0 Å². The summed E-state index contributed by atoms with van der Waals surface area (Å²) in [7, 11) is 1.45. The van der Waals surface area contributed by atoms with Crippen LogP contribution in [0.5, 0.6) is 5.75 Å². The van der Waals surface area contributed by atoms with Crippen molar-refractivity contribution in [2.45, 2.75) is 0 Å². The highest BCUT2D eigenvalue weighted by Gasteiger charge is 2.15. The van der Waals surface area contributed by atoms with Gasteiger partial charge >= 0.3 is 0 Å². The Bertz CT molecular complexity index is 868. The predicted molar refractivity (Wildman–Crippen MR) is 99.6 cm³/mol. The molecule has 0 spiro atoms. The third kappa shape index (κ3) is 4.52. The van der Waals surface area contributed by atoms with Crippen LogP contribution in [0.3, 0.4) is 0 Å². The number of carbonyl (C=O) groups is 1. The summed E-state index contributed by atoms with van der Waals surface area (Å²) < 4.78 is 19.5. The summed E-state index contributed by atoms with van der Waals surface area (Å²) in [5.74, 6) is 0.186. The average molecular weight is 375 g/mol. The van der Waals surface area contributed by atoms with Crippen LogP contribution in [-0.2, 0) is 0 Å². The van der Waals surface area contributed by atoms with Crippen LogP contribution < -0.4 is 10.1 Å². The second-order valence-corrected chi connectivity index (χ2v) is 5.15. The molecular formula is C18H16ClFN4O2. The van der Waals surface area contributed by atoms with Crippen LogP contribution in [0, 0.1) is 0 Å². The van der Waals surface area contributed by atoms with Crippen molar-refractivity contribution in [2.24, 2.45) is 0 Å². The van der Waals surface area contributed by atoms with E-state index in [9.17, 15) is 9.18 Å². The number of pyridine rings is 1. The van der Waals surface area contributed by atoms with E-state index in [1.807, 2.05) is 0 Å². The third-order valence-corrected chi connectivity index (χ3v) is 3.40. The molecule has 0 unspecified atom stereocenters. The molecule has 0 aliphatic carbocycles. The monoisotopic (exact) mass is 374 g/mol. The molecule has 0 radical (unpaired) electrons. The molecule has 2 rings (SSSR count). The van der Waals surface area contributed by atoms with Crippen molar-refractivity contribution in [3.63, 3.8) is 0 Å². The lowest BCUT2D eigenvalue weighted by Crippen LogP contribution is -2.05. The SMILES string of the molecule is C=C/C=C(F)\C(=C/CCl)c1ncc(OC)c(Nc2ccncc2C=O)n1. The van der Waals surface area contributed by atoms with Gasteiger partial charge in [-0.1, -0.05) is 18.7 Å². The molecule has 0 aliphatic rings. The summed E-state index contributed by atoms with van der Waals surface area (Å²) in [5.41, 5.74) is 0.933. The van der Waals surface area contributed by atoms with E-state index in [-0.39, 0.29) is 23.1 Å². The number of nitrogens with zero attached hydrogens (tertiary/aromatic N) is 3. The van der Waals surface area contributed by atoms with E-state index < -0.39 is 5.83 Å². The van der Waals surface area contributed by atoms with Crippen LogP contribution in [-0.4, -0.2) is 34.2 Å². The van der Waals surface area contributed by atoms with E-state index >= 15 is 0 Å². The van der Waals surface area contributed by atoms with Gasteiger partial charge in [0.2, 0.25) is 0 Å². The highest BCUT2D eigenvalue weighted by molar-refractivity contribution is 6.19. The van der Waals surface area contributed by atoms with E-state index in [0.29, 0.717) is 23.3 Å². The molecule has 0 aliphatic heterocycles. The lowest BCUT2D eigenvalue weighted by atomic mass is 10.2. The minimum Gasteiger partial charge on any atom is -0.491 e. The molecule has 0 aromatic carbocycles. The number of aromatic nitrogens is 3. The summed E-state index contributed by atoms with van der Waals surface area (Å²) in [5, 5.41) is 2.98. The Morgan fingerprint density at radius 2 is 2.27 bits per heavy atom. The number of aldehydes is 1. The fourth-order valence-electron chi connectivity index (χ4n) is 2.05. The second-order valence-electron chi connectivity index (χ2n) is 4.84. The lowest BCUT2D eigenvalue weighted by Gasteiger charge is -2.13. The number of anilines is 2. The maximum atomic E-state index is 14.3. The molecular weight excluding hydrogens is 359 g/mol. The van der Waals surface area contributed by atoms with E-state index in [0.717, 1.165) is 0 Å². The summed E-state index contributed by atoms with van der Waals surface area (Å²) in [6.45, 7) is 3.47. The Hall–Kier alpha value is -3.06. The van der Waals surface area contributed by atoms with Crippen LogP contribution >= 0.6 is 11.6 Å². The Balaban J connectivity index is 2.51. The Kier molecular flexibility index (Phi) is 6.99. The fourth-order valence-corrected chi connectivity index (χ4v) is 2.20. The first-order valence-electron chi connectivity index (χ1n) is 7.46. The van der Waals surface area contributed by atoms with Crippen LogP contribution in [0.1, 0.15) is 16.2 Å². The van der Waals surface area contributed by atoms with Crippen molar-refractivity contribution < 1.29 is 13.9 Å². The second kappa shape index (κ2) is 9.43. The first-order valence-corrected chi connectivity index (χ1v) is 8.00. The van der Waals surface area contributed by atoms with Crippen molar-refractivity contribution in [3.8, 4) is 5.75 Å². The van der Waals surface area contributed by atoms with E-state index in [1.165, 1.54) is 43.9 Å². The van der Waals surface area contributed by atoms with Gasteiger partial charge in [0.25, 0.3) is 0 Å². The van der Waals surface area contributed by atoms with Gasteiger partial charge in [0.1, 0.15) is 5.83 Å². The summed E-state index contributed by atoms with van der Waals surface area (Å²) in [6.07, 6.45) is 8.95. The molecule has 0 atom stereocenters. The largest absolute Gasteiger partial charge is 0.491 e. The number of allylic oxidation sites excluding steroid dienone is 5. The molecule has 0 bridgehead atoms. The zero-order valence-electron chi connectivity index (χ0n) is 13.9. The van der Waals surface area contributed by atoms with Gasteiger partial charge in [-0.2, -0.15) is 0 Å². The number of hydrogen-bond donors (Lipinski definition) is 1. The number of hydrogen-bond acceptors (Lipinski definition) is 6. The number of halogens is 2. The van der Waals surface area contributed by atoms with Crippen molar-refractivity contribution in [1.82, 2.24) is 15.0 Å². The van der Waals surface area contributed by atoms with Crippen LogP contribution in [0.15, 0.2) is 55.3 Å². The van der Waals surface area contributed by atoms with Crippen LogP contribution in [0.2, 0.25) is 0 Å². The van der Waals surface area contributed by atoms with Crippen molar-refractivity contribution >= 4 is 35.0 Å². The maximum absolute atomic E-state index is 14.3. The standard InChI is InChI=1S/C18H16ClFN4O2/c1-3-4-14(20)13(5-7-19)17-22-10-16(26-2)18(24-17)23-15-6-8-21-9-12(15)11-25/h3-6,8-11H,1,7H2,2H3,(H,21,22,23,24)/b13-5+,14-4+. The molecule has 0 saturated heterocycles. The predicted octanol–water partition coefficient (Wildman–Crippen LogP) is 4.10. The topological polar surface area (TPSA) is 77.0 Å². The first-order chi connectivity index (χ1) is 12.6. The van der Waals surface area contributed by atoms with Gasteiger partial charge in [-0.05, 0) is 12.1 Å². The normalized spacial score (nSPS) is 11.8. The van der Waals surface area contributed by atoms with Crippen molar-refractivity contribution in [3.05, 3.63) is 66.7 Å². The third-order valence-electron chi connectivity index (χ3n) is 3.25. The van der Waals surface area contributed by atoms with Crippen LogP contribution in [0.25, 0.3) is 5.57 Å². The molecule has 2 aromatic heterocycles. The summed E-state index contributed by atoms with van der Waals surface area (Å²) >= 11 is 5.72. The smallest absolute Gasteiger partial charge is 0.179 e. The minimum atomic E-state index is -0.575. The molecule has 8 heteroatoms. The summed E-state index contributed by atoms with van der Waals surface area (Å²) in [6, 6.07) is 1.61. The first kappa shape index (κ1) is 19.3. The molecule has 26 heavy (non-hydrogen) atoms. The molecule has 0 fully saturated rings. The molecule has 2 aromatic rings. The van der Waals surface area contributed by atoms with E-state index in [2.05, 4.69) is 26.8 Å². The average Bonchev–Trinajstić information content (AvgIpc) is 2.66. The molecule has 6 nitrogen and oxygen atoms in total. The molecule has 0 amide bonds. The minimum absolute atomic E-state index is 0.0749. The quantitative estimate of drug-likeness (QED) is 0.426. The molecule has 1 N–H and O–H groups in total. The zero-order valence-corrected chi connectivity index (χ0v) is 14.7. The van der Waals surface area contributed by atoms with E-state index in [4.69, 9.17) is 16.3 Å². The van der Waals surface area contributed by atoms with Crippen molar-refractivity contribution in [2.75, 3.05) is 18.3 Å². The van der Waals surface area contributed by atoms with Gasteiger partial charge in [-0.15, -0.1) is 11.6 Å². The fraction of sp³-hybridized carbons (Fsp3) is 0.111. The van der Waals surface area contributed by atoms with Crippen LogP contribution in [0.4, 0.5) is 15.9 Å². The number of methoxy groups -OCH3 is 1. The number of carbonyl (C=O) groups excluding carboxylic acids is 1. The Morgan fingerprint density at radius 1 is 1.46 bits per heavy atom. The Morgan fingerprint density at radius 3 is 2.92 bits per heavy atom. The van der Waals surface area contributed by atoms with Gasteiger partial charge in [0.15, 0.2) is 23.7 Å². The number of nitrogens with one attached hydrogen (secondary N) is 1. The Labute approximate surface area is 155 Å². The van der Waals surface area contributed by atoms with Gasteiger partial charge in [-0.3, -0.25) is 9.78 Å². The lowest BCUT2D eigenvalue weighted by molar-refractivity contribution is 0.112.